The van der Waals surface area contributed by atoms with Crippen molar-refractivity contribution in [2.75, 3.05) is 30.3 Å². The van der Waals surface area contributed by atoms with Gasteiger partial charge in [0.15, 0.2) is 5.16 Å². The van der Waals surface area contributed by atoms with E-state index >= 15 is 0 Å². The Bertz CT molecular complexity index is 495. The predicted molar refractivity (Wildman–Crippen MR) is 103 cm³/mol. The summed E-state index contributed by atoms with van der Waals surface area (Å²) in [4.78, 5) is 22.9. The Morgan fingerprint density at radius 3 is 2.50 bits per heavy atom. The van der Waals surface area contributed by atoms with Crippen LogP contribution in [0.4, 0.5) is 5.82 Å². The Kier molecular flexibility index (Phi) is 10.8. The Hall–Kier alpha value is -1.01. The van der Waals surface area contributed by atoms with Crippen LogP contribution in [0.2, 0.25) is 5.15 Å². The van der Waals surface area contributed by atoms with E-state index in [0.717, 1.165) is 57.6 Å². The fourth-order valence-corrected chi connectivity index (χ4v) is 3.19. The summed E-state index contributed by atoms with van der Waals surface area (Å²) in [6.45, 7) is 9.03. The average molecular weight is 373 g/mol. The smallest absolute Gasteiger partial charge is 0.230 e. The van der Waals surface area contributed by atoms with Crippen LogP contribution in [0.25, 0.3) is 0 Å². The lowest BCUT2D eigenvalue weighted by molar-refractivity contribution is -0.118. The molecule has 0 spiro atoms. The molecule has 0 aliphatic rings. The quantitative estimate of drug-likeness (QED) is 0.258. The summed E-state index contributed by atoms with van der Waals surface area (Å²) >= 11 is 7.47. The third-order valence-electron chi connectivity index (χ3n) is 3.41. The molecule has 1 aromatic rings. The maximum Gasteiger partial charge on any atom is 0.230 e. The minimum Gasteiger partial charge on any atom is -0.356 e. The number of halogens is 1. The zero-order chi connectivity index (χ0) is 17.8. The minimum atomic E-state index is 0.0141. The molecule has 0 saturated carbocycles. The van der Waals surface area contributed by atoms with Gasteiger partial charge in [-0.15, -0.1) is 0 Å². The van der Waals surface area contributed by atoms with Gasteiger partial charge in [0, 0.05) is 25.7 Å². The van der Waals surface area contributed by atoms with E-state index in [1.54, 1.807) is 6.07 Å². The van der Waals surface area contributed by atoms with Gasteiger partial charge in [0.1, 0.15) is 11.0 Å². The Labute approximate surface area is 155 Å². The number of unbranched alkanes of at least 4 members (excludes halogenated alkanes) is 2. The second-order valence-corrected chi connectivity index (χ2v) is 6.99. The highest BCUT2D eigenvalue weighted by Gasteiger charge is 2.11. The van der Waals surface area contributed by atoms with E-state index in [0.29, 0.717) is 16.1 Å². The van der Waals surface area contributed by atoms with Crippen molar-refractivity contribution in [1.82, 2.24) is 15.3 Å². The number of hydrogen-bond donors (Lipinski definition) is 1. The van der Waals surface area contributed by atoms with Crippen molar-refractivity contribution < 1.29 is 4.79 Å². The van der Waals surface area contributed by atoms with E-state index in [1.165, 1.54) is 11.8 Å². The molecule has 0 unspecified atom stereocenters. The van der Waals surface area contributed by atoms with Crippen LogP contribution < -0.4 is 10.2 Å². The summed E-state index contributed by atoms with van der Waals surface area (Å²) in [7, 11) is 0. The Balaban J connectivity index is 2.60. The van der Waals surface area contributed by atoms with Crippen LogP contribution in [0.1, 0.15) is 52.9 Å². The first-order chi connectivity index (χ1) is 11.6. The molecule has 0 aliphatic heterocycles. The standard InChI is InChI=1S/C17H29ClN4OS/c1-4-7-8-9-19-16(23)13-24-17-20-14(18)12-15(21-17)22(10-5-2)11-6-3/h12H,4-11,13H2,1-3H3,(H,19,23). The van der Waals surface area contributed by atoms with Gasteiger partial charge in [-0.3, -0.25) is 4.79 Å². The van der Waals surface area contributed by atoms with Gasteiger partial charge >= 0.3 is 0 Å². The molecule has 1 amide bonds. The van der Waals surface area contributed by atoms with E-state index in [-0.39, 0.29) is 5.91 Å². The molecule has 136 valence electrons. The largest absolute Gasteiger partial charge is 0.356 e. The maximum absolute atomic E-state index is 11.9. The molecule has 0 aromatic carbocycles. The van der Waals surface area contributed by atoms with Gasteiger partial charge in [-0.25, -0.2) is 9.97 Å². The third kappa shape index (κ3) is 8.20. The lowest BCUT2D eigenvalue weighted by Crippen LogP contribution is -2.27. The minimum absolute atomic E-state index is 0.0141. The van der Waals surface area contributed by atoms with E-state index in [9.17, 15) is 4.79 Å². The van der Waals surface area contributed by atoms with E-state index in [4.69, 9.17) is 11.6 Å². The molecule has 1 heterocycles. The van der Waals surface area contributed by atoms with Crippen molar-refractivity contribution in [3.8, 4) is 0 Å². The molecule has 7 heteroatoms. The van der Waals surface area contributed by atoms with Crippen LogP contribution in [-0.4, -0.2) is 41.3 Å². The summed E-state index contributed by atoms with van der Waals surface area (Å²) in [5, 5.41) is 3.90. The van der Waals surface area contributed by atoms with Crippen molar-refractivity contribution in [3.63, 3.8) is 0 Å². The number of nitrogens with zero attached hydrogens (tertiary/aromatic N) is 3. The van der Waals surface area contributed by atoms with Gasteiger partial charge in [-0.1, -0.05) is 57.0 Å². The molecule has 1 N–H and O–H groups in total. The molecule has 0 aliphatic carbocycles. The maximum atomic E-state index is 11.9. The van der Waals surface area contributed by atoms with Crippen molar-refractivity contribution >= 4 is 35.1 Å². The predicted octanol–water partition coefficient (Wildman–Crippen LogP) is 4.15. The fraction of sp³-hybridized carbons (Fsp3) is 0.706. The summed E-state index contributed by atoms with van der Waals surface area (Å²) < 4.78 is 0. The van der Waals surface area contributed by atoms with Crippen LogP contribution in [0.5, 0.6) is 0 Å². The number of rotatable bonds is 12. The lowest BCUT2D eigenvalue weighted by Gasteiger charge is -2.22. The van der Waals surface area contributed by atoms with E-state index in [1.807, 2.05) is 0 Å². The first-order valence-electron chi connectivity index (χ1n) is 8.79. The molecule has 0 bridgehead atoms. The number of carbonyl (C=O) groups is 1. The number of aromatic nitrogens is 2. The SMILES string of the molecule is CCCCCNC(=O)CSc1nc(Cl)cc(N(CCC)CCC)n1. The van der Waals surface area contributed by atoms with Crippen LogP contribution in [0, 0.1) is 0 Å². The highest BCUT2D eigenvalue weighted by molar-refractivity contribution is 7.99. The summed E-state index contributed by atoms with van der Waals surface area (Å²) in [6.07, 6.45) is 5.40. The number of thioether (sulfide) groups is 1. The van der Waals surface area contributed by atoms with Gasteiger partial charge in [0.25, 0.3) is 0 Å². The first-order valence-corrected chi connectivity index (χ1v) is 10.2. The molecule has 0 saturated heterocycles. The van der Waals surface area contributed by atoms with Crippen molar-refractivity contribution in [2.45, 2.75) is 58.0 Å². The number of carbonyl (C=O) groups excluding carboxylic acids is 1. The van der Waals surface area contributed by atoms with Crippen molar-refractivity contribution in [2.24, 2.45) is 0 Å². The van der Waals surface area contributed by atoms with Crippen LogP contribution in [0.3, 0.4) is 0 Å². The van der Waals surface area contributed by atoms with Gasteiger partial charge in [-0.2, -0.15) is 0 Å². The van der Waals surface area contributed by atoms with Gasteiger partial charge in [0.05, 0.1) is 5.75 Å². The lowest BCUT2D eigenvalue weighted by atomic mass is 10.2. The fourth-order valence-electron chi connectivity index (χ4n) is 2.28. The van der Waals surface area contributed by atoms with Gasteiger partial charge in [0.2, 0.25) is 5.91 Å². The number of amides is 1. The van der Waals surface area contributed by atoms with Crippen molar-refractivity contribution in [3.05, 3.63) is 11.2 Å². The highest BCUT2D eigenvalue weighted by atomic mass is 35.5. The summed E-state index contributed by atoms with van der Waals surface area (Å²) in [5.41, 5.74) is 0. The second-order valence-electron chi connectivity index (χ2n) is 5.66. The second kappa shape index (κ2) is 12.4. The molecule has 24 heavy (non-hydrogen) atoms. The molecular formula is C17H29ClN4OS. The van der Waals surface area contributed by atoms with E-state index < -0.39 is 0 Å². The van der Waals surface area contributed by atoms with E-state index in [2.05, 4.69) is 41.0 Å². The summed E-state index contributed by atoms with van der Waals surface area (Å²) in [6, 6.07) is 1.79. The molecule has 0 atom stereocenters. The zero-order valence-corrected chi connectivity index (χ0v) is 16.5. The topological polar surface area (TPSA) is 58.1 Å². The van der Waals surface area contributed by atoms with Crippen LogP contribution >= 0.6 is 23.4 Å². The molecule has 5 nitrogen and oxygen atoms in total. The van der Waals surface area contributed by atoms with Crippen molar-refractivity contribution in [1.29, 1.82) is 0 Å². The highest BCUT2D eigenvalue weighted by Crippen LogP contribution is 2.22. The molecule has 0 radical (unpaired) electrons. The molecule has 1 rings (SSSR count). The zero-order valence-electron chi connectivity index (χ0n) is 15.0. The third-order valence-corrected chi connectivity index (χ3v) is 4.45. The van der Waals surface area contributed by atoms with Crippen LogP contribution in [0.15, 0.2) is 11.2 Å². The van der Waals surface area contributed by atoms with Gasteiger partial charge in [-0.05, 0) is 19.3 Å². The van der Waals surface area contributed by atoms with Gasteiger partial charge < -0.3 is 10.2 Å². The molecule has 1 aromatic heterocycles. The Morgan fingerprint density at radius 1 is 1.17 bits per heavy atom. The number of nitrogens with one attached hydrogen (secondary N) is 1. The monoisotopic (exact) mass is 372 g/mol. The molecular weight excluding hydrogens is 344 g/mol. The average Bonchev–Trinajstić information content (AvgIpc) is 2.56. The first kappa shape index (κ1) is 21.0. The number of hydrogen-bond acceptors (Lipinski definition) is 5. The normalized spacial score (nSPS) is 10.7. The van der Waals surface area contributed by atoms with Crippen LogP contribution in [-0.2, 0) is 4.79 Å². The summed E-state index contributed by atoms with van der Waals surface area (Å²) in [5.74, 6) is 1.16. The molecule has 0 fully saturated rings. The number of anilines is 1. The Morgan fingerprint density at radius 2 is 1.88 bits per heavy atom.